The lowest BCUT2D eigenvalue weighted by Crippen LogP contribution is -2.37. The number of benzene rings is 1. The van der Waals surface area contributed by atoms with Crippen LogP contribution >= 0.6 is 0 Å². The van der Waals surface area contributed by atoms with Crippen LogP contribution in [-0.4, -0.2) is 38.9 Å². The van der Waals surface area contributed by atoms with Gasteiger partial charge in [-0.05, 0) is 49.8 Å². The summed E-state index contributed by atoms with van der Waals surface area (Å²) in [4.78, 5) is 2.72. The second-order valence-corrected chi connectivity index (χ2v) is 8.22. The van der Waals surface area contributed by atoms with Gasteiger partial charge in [-0.3, -0.25) is 0 Å². The fourth-order valence-electron chi connectivity index (χ4n) is 3.19. The molecule has 3 rings (SSSR count). The van der Waals surface area contributed by atoms with Crippen molar-refractivity contribution in [3.05, 3.63) is 24.3 Å². The summed E-state index contributed by atoms with van der Waals surface area (Å²) in [6.45, 7) is 5.56. The van der Waals surface area contributed by atoms with Crippen LogP contribution in [0, 0.1) is 5.92 Å². The molecule has 4 nitrogen and oxygen atoms in total. The second kappa shape index (κ2) is 5.97. The number of rotatable bonds is 3. The molecule has 0 amide bonds. The molecule has 0 saturated carbocycles. The summed E-state index contributed by atoms with van der Waals surface area (Å²) in [7, 11) is -3.33. The van der Waals surface area contributed by atoms with Gasteiger partial charge < -0.3 is 4.90 Å². The summed E-state index contributed by atoms with van der Waals surface area (Å²) >= 11 is 0. The molecule has 0 unspecified atom stereocenters. The van der Waals surface area contributed by atoms with Crippen molar-refractivity contribution >= 4 is 15.7 Å². The highest BCUT2D eigenvalue weighted by molar-refractivity contribution is 7.89. The number of hydrogen-bond acceptors (Lipinski definition) is 3. The first-order valence-corrected chi connectivity index (χ1v) is 9.36. The molecule has 0 radical (unpaired) electrons. The summed E-state index contributed by atoms with van der Waals surface area (Å²) in [6, 6.07) is 7.46. The first-order valence-electron chi connectivity index (χ1n) is 7.92. The molecule has 0 N–H and O–H groups in total. The van der Waals surface area contributed by atoms with Crippen molar-refractivity contribution in [3.63, 3.8) is 0 Å². The van der Waals surface area contributed by atoms with Crippen molar-refractivity contribution < 1.29 is 8.42 Å². The zero-order chi connectivity index (χ0) is 14.9. The quantitative estimate of drug-likeness (QED) is 0.862. The van der Waals surface area contributed by atoms with E-state index in [9.17, 15) is 8.42 Å². The van der Waals surface area contributed by atoms with Crippen LogP contribution in [0.5, 0.6) is 0 Å². The van der Waals surface area contributed by atoms with Crippen molar-refractivity contribution in [1.82, 2.24) is 4.31 Å². The molecule has 21 heavy (non-hydrogen) atoms. The minimum atomic E-state index is -3.33. The Balaban J connectivity index is 1.83. The Labute approximate surface area is 127 Å². The minimum absolute atomic E-state index is 0.446. The zero-order valence-electron chi connectivity index (χ0n) is 12.7. The van der Waals surface area contributed by atoms with Gasteiger partial charge in [0.25, 0.3) is 0 Å². The Hall–Kier alpha value is -1.07. The average Bonchev–Trinajstić information content (AvgIpc) is 3.02. The van der Waals surface area contributed by atoms with E-state index in [0.717, 1.165) is 31.6 Å². The van der Waals surface area contributed by atoms with Crippen LogP contribution in [0.25, 0.3) is 0 Å². The number of anilines is 1. The number of sulfonamides is 1. The van der Waals surface area contributed by atoms with Gasteiger partial charge in [-0.25, -0.2) is 8.42 Å². The molecule has 2 aliphatic rings. The van der Waals surface area contributed by atoms with Crippen molar-refractivity contribution in [2.24, 2.45) is 5.92 Å². The molecule has 2 heterocycles. The first-order chi connectivity index (χ1) is 10.1. The average molecular weight is 308 g/mol. The summed E-state index contributed by atoms with van der Waals surface area (Å²) in [6.07, 6.45) is 4.32. The molecule has 2 fully saturated rings. The van der Waals surface area contributed by atoms with E-state index in [1.54, 1.807) is 10.4 Å². The van der Waals surface area contributed by atoms with Gasteiger partial charge in [0, 0.05) is 31.9 Å². The van der Waals surface area contributed by atoms with E-state index in [-0.39, 0.29) is 0 Å². The zero-order valence-corrected chi connectivity index (χ0v) is 13.5. The minimum Gasteiger partial charge on any atom is -0.371 e. The van der Waals surface area contributed by atoms with Gasteiger partial charge in [0.2, 0.25) is 10.0 Å². The maximum atomic E-state index is 12.8. The highest BCUT2D eigenvalue weighted by atomic mass is 32.2. The van der Waals surface area contributed by atoms with Gasteiger partial charge in [-0.2, -0.15) is 4.31 Å². The van der Waals surface area contributed by atoms with Gasteiger partial charge >= 0.3 is 0 Å². The SMILES string of the molecule is CC1CCN(S(=O)(=O)c2cccc(N3CCCC3)c2)CC1. The van der Waals surface area contributed by atoms with Crippen LogP contribution in [0.4, 0.5) is 5.69 Å². The molecule has 0 aromatic heterocycles. The fraction of sp³-hybridized carbons (Fsp3) is 0.625. The molecule has 1 aromatic rings. The maximum Gasteiger partial charge on any atom is 0.243 e. The molecule has 0 aliphatic carbocycles. The van der Waals surface area contributed by atoms with Crippen LogP contribution in [0.3, 0.4) is 0 Å². The third-order valence-electron chi connectivity index (χ3n) is 4.67. The summed E-state index contributed by atoms with van der Waals surface area (Å²) in [5.41, 5.74) is 1.04. The van der Waals surface area contributed by atoms with Gasteiger partial charge in [0.15, 0.2) is 0 Å². The Morgan fingerprint density at radius 2 is 1.71 bits per heavy atom. The molecule has 116 valence electrons. The van der Waals surface area contributed by atoms with Gasteiger partial charge in [-0.15, -0.1) is 0 Å². The highest BCUT2D eigenvalue weighted by Gasteiger charge is 2.28. The third-order valence-corrected chi connectivity index (χ3v) is 6.56. The Kier molecular flexibility index (Phi) is 4.22. The molecular formula is C16H24N2O2S. The highest BCUT2D eigenvalue weighted by Crippen LogP contribution is 2.27. The summed E-state index contributed by atoms with van der Waals surface area (Å²) in [5, 5.41) is 0. The summed E-state index contributed by atoms with van der Waals surface area (Å²) in [5.74, 6) is 0.632. The second-order valence-electron chi connectivity index (χ2n) is 6.28. The molecule has 1 aromatic carbocycles. The molecular weight excluding hydrogens is 284 g/mol. The molecule has 0 bridgehead atoms. The lowest BCUT2D eigenvalue weighted by atomic mass is 10.0. The van der Waals surface area contributed by atoms with Gasteiger partial charge in [-0.1, -0.05) is 13.0 Å². The van der Waals surface area contributed by atoms with Crippen molar-refractivity contribution in [3.8, 4) is 0 Å². The van der Waals surface area contributed by atoms with E-state index in [1.165, 1.54) is 12.8 Å². The predicted molar refractivity (Wildman–Crippen MR) is 85.0 cm³/mol. The van der Waals surface area contributed by atoms with Crippen LogP contribution in [-0.2, 0) is 10.0 Å². The molecule has 2 saturated heterocycles. The lowest BCUT2D eigenvalue weighted by molar-refractivity contribution is 0.288. The van der Waals surface area contributed by atoms with Crippen LogP contribution in [0.15, 0.2) is 29.2 Å². The van der Waals surface area contributed by atoms with E-state index in [4.69, 9.17) is 0 Å². The van der Waals surface area contributed by atoms with Crippen molar-refractivity contribution in [2.45, 2.75) is 37.5 Å². The van der Waals surface area contributed by atoms with Gasteiger partial charge in [0.05, 0.1) is 4.90 Å². The monoisotopic (exact) mass is 308 g/mol. The molecule has 5 heteroatoms. The van der Waals surface area contributed by atoms with E-state index in [1.807, 2.05) is 18.2 Å². The fourth-order valence-corrected chi connectivity index (χ4v) is 4.70. The van der Waals surface area contributed by atoms with E-state index in [0.29, 0.717) is 23.9 Å². The molecule has 0 atom stereocenters. The Morgan fingerprint density at radius 1 is 1.05 bits per heavy atom. The summed E-state index contributed by atoms with van der Waals surface area (Å²) < 4.78 is 27.2. The topological polar surface area (TPSA) is 40.6 Å². The number of nitrogens with zero attached hydrogens (tertiary/aromatic N) is 2. The normalized spacial score (nSPS) is 21.9. The van der Waals surface area contributed by atoms with E-state index in [2.05, 4.69) is 11.8 Å². The van der Waals surface area contributed by atoms with Crippen LogP contribution in [0.1, 0.15) is 32.6 Å². The number of piperidine rings is 1. The predicted octanol–water partition coefficient (Wildman–Crippen LogP) is 2.71. The van der Waals surface area contributed by atoms with Crippen molar-refractivity contribution in [2.75, 3.05) is 31.1 Å². The lowest BCUT2D eigenvalue weighted by Gasteiger charge is -2.29. The van der Waals surface area contributed by atoms with Crippen LogP contribution < -0.4 is 4.90 Å². The van der Waals surface area contributed by atoms with Gasteiger partial charge in [0.1, 0.15) is 0 Å². The Morgan fingerprint density at radius 3 is 2.38 bits per heavy atom. The first kappa shape index (κ1) is 14.9. The van der Waals surface area contributed by atoms with Crippen LogP contribution in [0.2, 0.25) is 0 Å². The van der Waals surface area contributed by atoms with E-state index < -0.39 is 10.0 Å². The standard InChI is InChI=1S/C16H24N2O2S/c1-14-7-11-18(12-8-14)21(19,20)16-6-4-5-15(13-16)17-9-2-3-10-17/h4-6,13-14H,2-3,7-12H2,1H3. The molecule has 0 spiro atoms. The largest absolute Gasteiger partial charge is 0.371 e. The maximum absolute atomic E-state index is 12.8. The third kappa shape index (κ3) is 3.09. The van der Waals surface area contributed by atoms with Crippen molar-refractivity contribution in [1.29, 1.82) is 0 Å². The van der Waals surface area contributed by atoms with E-state index >= 15 is 0 Å². The Bertz CT molecular complexity index is 586. The smallest absolute Gasteiger partial charge is 0.243 e. The number of hydrogen-bond donors (Lipinski definition) is 0. The molecule has 2 aliphatic heterocycles.